The molecule has 2 aromatic rings. The first-order chi connectivity index (χ1) is 12.7. The Morgan fingerprint density at radius 3 is 2.35 bits per heavy atom. The summed E-state index contributed by atoms with van der Waals surface area (Å²) in [7, 11) is 1.67. The average molecular weight is 354 g/mol. The van der Waals surface area contributed by atoms with Gasteiger partial charge in [0.15, 0.2) is 0 Å². The van der Waals surface area contributed by atoms with Gasteiger partial charge in [0.2, 0.25) is 0 Å². The summed E-state index contributed by atoms with van der Waals surface area (Å²) in [5.74, 6) is 0.0950. The summed E-state index contributed by atoms with van der Waals surface area (Å²) in [5, 5.41) is 9.31. The molecule has 0 radical (unpaired) electrons. The molecule has 0 atom stereocenters. The van der Waals surface area contributed by atoms with Crippen LogP contribution in [-0.4, -0.2) is 48.8 Å². The fourth-order valence-corrected chi connectivity index (χ4v) is 3.59. The van der Waals surface area contributed by atoms with Crippen molar-refractivity contribution in [1.82, 2.24) is 4.90 Å². The fraction of sp³-hybridized carbons (Fsp3) is 0.381. The van der Waals surface area contributed by atoms with Crippen molar-refractivity contribution in [3.8, 4) is 5.75 Å². The van der Waals surface area contributed by atoms with Crippen LogP contribution in [0.3, 0.4) is 0 Å². The predicted octanol–water partition coefficient (Wildman–Crippen LogP) is 3.25. The SMILES string of the molecule is COc1ccc(N2CCC(N(CC(=O)O)Cc3ccccc3)CC2)cc1. The number of hydrogen-bond donors (Lipinski definition) is 1. The first-order valence-electron chi connectivity index (χ1n) is 9.04. The largest absolute Gasteiger partial charge is 0.497 e. The lowest BCUT2D eigenvalue weighted by atomic mass is 10.0. The van der Waals surface area contributed by atoms with Gasteiger partial charge in [-0.05, 0) is 42.7 Å². The zero-order valence-electron chi connectivity index (χ0n) is 15.2. The van der Waals surface area contributed by atoms with E-state index >= 15 is 0 Å². The Kier molecular flexibility index (Phi) is 6.12. The third-order valence-corrected chi connectivity index (χ3v) is 4.99. The lowest BCUT2D eigenvalue weighted by molar-refractivity contribution is -0.139. The Labute approximate surface area is 154 Å². The van der Waals surface area contributed by atoms with Crippen LogP contribution >= 0.6 is 0 Å². The van der Waals surface area contributed by atoms with Crippen molar-refractivity contribution in [2.24, 2.45) is 0 Å². The van der Waals surface area contributed by atoms with Crippen LogP contribution in [0.25, 0.3) is 0 Å². The van der Waals surface area contributed by atoms with E-state index in [1.807, 2.05) is 30.3 Å². The van der Waals surface area contributed by atoms with E-state index in [-0.39, 0.29) is 6.54 Å². The summed E-state index contributed by atoms with van der Waals surface area (Å²) in [6.45, 7) is 2.63. The van der Waals surface area contributed by atoms with E-state index < -0.39 is 5.97 Å². The van der Waals surface area contributed by atoms with Gasteiger partial charge in [-0.15, -0.1) is 0 Å². The molecule has 1 saturated heterocycles. The first kappa shape index (κ1) is 18.3. The van der Waals surface area contributed by atoms with E-state index in [0.29, 0.717) is 12.6 Å². The number of hydrogen-bond acceptors (Lipinski definition) is 4. The topological polar surface area (TPSA) is 53.0 Å². The number of rotatable bonds is 7. The van der Waals surface area contributed by atoms with Crippen LogP contribution in [0.2, 0.25) is 0 Å². The van der Waals surface area contributed by atoms with Crippen molar-refractivity contribution in [3.63, 3.8) is 0 Å². The van der Waals surface area contributed by atoms with E-state index in [2.05, 4.69) is 34.1 Å². The number of carboxylic acids is 1. The molecule has 1 aliphatic heterocycles. The summed E-state index contributed by atoms with van der Waals surface area (Å²) < 4.78 is 5.22. The highest BCUT2D eigenvalue weighted by Gasteiger charge is 2.26. The second kappa shape index (κ2) is 8.72. The standard InChI is InChI=1S/C21H26N2O3/c1-26-20-9-7-18(8-10-20)22-13-11-19(12-14-22)23(16-21(24)25)15-17-5-3-2-4-6-17/h2-10,19H,11-16H2,1H3,(H,24,25). The van der Waals surface area contributed by atoms with Gasteiger partial charge < -0.3 is 14.7 Å². The zero-order chi connectivity index (χ0) is 18.4. The van der Waals surface area contributed by atoms with Gasteiger partial charge in [-0.3, -0.25) is 9.69 Å². The zero-order valence-corrected chi connectivity index (χ0v) is 15.2. The molecule has 0 amide bonds. The smallest absolute Gasteiger partial charge is 0.317 e. The number of nitrogens with zero attached hydrogens (tertiary/aromatic N) is 2. The van der Waals surface area contributed by atoms with Gasteiger partial charge in [0.05, 0.1) is 13.7 Å². The highest BCUT2D eigenvalue weighted by molar-refractivity contribution is 5.69. The molecular formula is C21H26N2O3. The molecule has 0 bridgehead atoms. The number of benzene rings is 2. The van der Waals surface area contributed by atoms with Crippen molar-refractivity contribution in [1.29, 1.82) is 0 Å². The molecule has 26 heavy (non-hydrogen) atoms. The molecule has 0 aliphatic carbocycles. The molecule has 1 fully saturated rings. The van der Waals surface area contributed by atoms with Crippen molar-refractivity contribution in [2.45, 2.75) is 25.4 Å². The third kappa shape index (κ3) is 4.76. The van der Waals surface area contributed by atoms with Gasteiger partial charge in [-0.1, -0.05) is 30.3 Å². The number of piperidine rings is 1. The number of aliphatic carboxylic acids is 1. The van der Waals surface area contributed by atoms with E-state index in [1.165, 1.54) is 5.69 Å². The molecule has 5 nitrogen and oxygen atoms in total. The maximum absolute atomic E-state index is 11.3. The molecule has 1 N–H and O–H groups in total. The number of carboxylic acid groups (broad SMARTS) is 1. The Morgan fingerprint density at radius 2 is 1.77 bits per heavy atom. The van der Waals surface area contributed by atoms with Crippen LogP contribution in [0.4, 0.5) is 5.69 Å². The second-order valence-corrected chi connectivity index (χ2v) is 6.70. The highest BCUT2D eigenvalue weighted by Crippen LogP contribution is 2.25. The van der Waals surface area contributed by atoms with Crippen molar-refractivity contribution in [2.75, 3.05) is 31.6 Å². The Morgan fingerprint density at radius 1 is 1.12 bits per heavy atom. The molecule has 2 aromatic carbocycles. The minimum atomic E-state index is -0.765. The molecule has 138 valence electrons. The molecule has 0 aromatic heterocycles. The van der Waals surface area contributed by atoms with Crippen LogP contribution in [0.1, 0.15) is 18.4 Å². The van der Waals surface area contributed by atoms with Gasteiger partial charge >= 0.3 is 5.97 Å². The lowest BCUT2D eigenvalue weighted by Crippen LogP contribution is -2.46. The van der Waals surface area contributed by atoms with Crippen LogP contribution in [0.15, 0.2) is 54.6 Å². The maximum Gasteiger partial charge on any atom is 0.317 e. The monoisotopic (exact) mass is 354 g/mol. The summed E-state index contributed by atoms with van der Waals surface area (Å²) in [4.78, 5) is 15.8. The molecule has 0 spiro atoms. The van der Waals surface area contributed by atoms with E-state index in [0.717, 1.165) is 37.2 Å². The number of carbonyl (C=O) groups is 1. The van der Waals surface area contributed by atoms with Gasteiger partial charge in [-0.2, -0.15) is 0 Å². The lowest BCUT2D eigenvalue weighted by Gasteiger charge is -2.39. The molecule has 0 saturated carbocycles. The van der Waals surface area contributed by atoms with Gasteiger partial charge in [0, 0.05) is 31.4 Å². The van der Waals surface area contributed by atoms with E-state index in [9.17, 15) is 9.90 Å². The van der Waals surface area contributed by atoms with Crippen molar-refractivity contribution >= 4 is 11.7 Å². The number of ether oxygens (including phenoxy) is 1. The Hall–Kier alpha value is -2.53. The van der Waals surface area contributed by atoms with E-state index in [1.54, 1.807) is 7.11 Å². The van der Waals surface area contributed by atoms with Crippen LogP contribution < -0.4 is 9.64 Å². The van der Waals surface area contributed by atoms with E-state index in [4.69, 9.17) is 4.74 Å². The van der Waals surface area contributed by atoms with Crippen molar-refractivity contribution < 1.29 is 14.6 Å². The van der Waals surface area contributed by atoms with Crippen LogP contribution in [-0.2, 0) is 11.3 Å². The van der Waals surface area contributed by atoms with Crippen LogP contribution in [0.5, 0.6) is 5.75 Å². The Balaban J connectivity index is 1.62. The molecule has 1 heterocycles. The van der Waals surface area contributed by atoms with Gasteiger partial charge in [-0.25, -0.2) is 0 Å². The second-order valence-electron chi connectivity index (χ2n) is 6.70. The first-order valence-corrected chi connectivity index (χ1v) is 9.04. The summed E-state index contributed by atoms with van der Waals surface area (Å²) in [6, 6.07) is 18.5. The molecule has 5 heteroatoms. The fourth-order valence-electron chi connectivity index (χ4n) is 3.59. The predicted molar refractivity (Wildman–Crippen MR) is 103 cm³/mol. The molecule has 3 rings (SSSR count). The summed E-state index contributed by atoms with van der Waals surface area (Å²) >= 11 is 0. The number of anilines is 1. The minimum absolute atomic E-state index is 0.0854. The number of methoxy groups -OCH3 is 1. The highest BCUT2D eigenvalue weighted by atomic mass is 16.5. The molecular weight excluding hydrogens is 328 g/mol. The normalized spacial score (nSPS) is 15.2. The minimum Gasteiger partial charge on any atom is -0.497 e. The maximum atomic E-state index is 11.3. The quantitative estimate of drug-likeness (QED) is 0.827. The summed E-state index contributed by atoms with van der Waals surface area (Å²) in [5.41, 5.74) is 2.35. The average Bonchev–Trinajstić information content (AvgIpc) is 2.68. The van der Waals surface area contributed by atoms with Crippen molar-refractivity contribution in [3.05, 3.63) is 60.2 Å². The van der Waals surface area contributed by atoms with Gasteiger partial charge in [0.25, 0.3) is 0 Å². The molecule has 0 unspecified atom stereocenters. The summed E-state index contributed by atoms with van der Waals surface area (Å²) in [6.07, 6.45) is 1.93. The van der Waals surface area contributed by atoms with Crippen LogP contribution in [0, 0.1) is 0 Å². The van der Waals surface area contributed by atoms with Gasteiger partial charge in [0.1, 0.15) is 5.75 Å². The Bertz CT molecular complexity index is 695. The molecule has 1 aliphatic rings. The third-order valence-electron chi connectivity index (χ3n) is 4.99.